The first-order valence-electron chi connectivity index (χ1n) is 13.5. The van der Waals surface area contributed by atoms with E-state index in [2.05, 4.69) is 54.2 Å². The molecule has 3 rings (SSSR count). The molecule has 18 heteroatoms. The Kier molecular flexibility index (Phi) is 11.4. The molecule has 5 amide bonds. The zero-order valence-electron chi connectivity index (χ0n) is 23.5. The van der Waals surface area contributed by atoms with Crippen LogP contribution in [0.2, 0.25) is 0 Å². The number of benzene rings is 1. The maximum absolute atomic E-state index is 13.6. The Balaban J connectivity index is 2.01. The predicted molar refractivity (Wildman–Crippen MR) is 161 cm³/mol. The lowest BCUT2D eigenvalue weighted by atomic mass is 9.97. The van der Waals surface area contributed by atoms with Crippen LogP contribution in [0.25, 0.3) is 0 Å². The number of nitrogens with one attached hydrogen (secondary N) is 5. The number of amides is 5. The van der Waals surface area contributed by atoms with Crippen LogP contribution >= 0.6 is 22.6 Å². The number of hydrogen-bond acceptors (Lipinski definition) is 9. The zero-order chi connectivity index (χ0) is 32.7. The number of hydrogen-bond donors (Lipinski definition) is 10. The van der Waals surface area contributed by atoms with Crippen molar-refractivity contribution in [2.75, 3.05) is 26.3 Å². The van der Waals surface area contributed by atoms with Crippen molar-refractivity contribution in [3.63, 3.8) is 0 Å². The molecule has 0 bridgehead atoms. The molecule has 1 aromatic rings. The van der Waals surface area contributed by atoms with Crippen LogP contribution in [0, 0.1) is 9.49 Å². The van der Waals surface area contributed by atoms with Crippen LogP contribution in [-0.4, -0.2) is 106 Å². The Hall–Kier alpha value is -4.04. The highest BCUT2D eigenvalue weighted by atomic mass is 127. The summed E-state index contributed by atoms with van der Waals surface area (Å²) in [5.41, 5.74) is 6.95. The van der Waals surface area contributed by atoms with Gasteiger partial charge in [-0.05, 0) is 59.5 Å². The highest BCUT2D eigenvalue weighted by Crippen LogP contribution is 2.44. The monoisotopic (exact) mass is 730 g/mol. The summed E-state index contributed by atoms with van der Waals surface area (Å²) in [6.45, 7) is -2.80. The minimum atomic E-state index is -2.35. The topological polar surface area (TPSA) is 288 Å². The molecule has 12 N–H and O–H groups in total. The number of rotatable bonds is 9. The molecule has 44 heavy (non-hydrogen) atoms. The first-order valence-corrected chi connectivity index (χ1v) is 14.6. The van der Waals surface area contributed by atoms with E-state index in [9.17, 15) is 44.1 Å². The third-order valence-corrected chi connectivity index (χ3v) is 8.05. The fourth-order valence-electron chi connectivity index (χ4n) is 4.66. The molecule has 1 unspecified atom stereocenters. The van der Waals surface area contributed by atoms with Crippen LogP contribution in [0.15, 0.2) is 29.3 Å². The molecule has 1 aliphatic heterocycles. The first kappa shape index (κ1) is 34.5. The summed E-state index contributed by atoms with van der Waals surface area (Å²) in [4.78, 5) is 82.1. The Morgan fingerprint density at radius 1 is 0.955 bits per heavy atom. The lowest BCUT2D eigenvalue weighted by Gasteiger charge is -2.33. The summed E-state index contributed by atoms with van der Waals surface area (Å²) in [7, 11) is 0. The van der Waals surface area contributed by atoms with Crippen molar-refractivity contribution < 1.29 is 44.1 Å². The smallest absolute Gasteiger partial charge is 0.309 e. The molecule has 2 aliphatic rings. The Morgan fingerprint density at radius 3 is 2.16 bits per heavy atom. The van der Waals surface area contributed by atoms with Gasteiger partial charge in [0, 0.05) is 16.5 Å². The second kappa shape index (κ2) is 14.6. The average molecular weight is 731 g/mol. The van der Waals surface area contributed by atoms with Crippen LogP contribution in [0.4, 0.5) is 0 Å². The van der Waals surface area contributed by atoms with Crippen LogP contribution in [0.5, 0.6) is 0 Å². The van der Waals surface area contributed by atoms with Crippen molar-refractivity contribution in [1.29, 1.82) is 0 Å². The molecule has 1 heterocycles. The molecule has 1 saturated heterocycles. The molecule has 17 nitrogen and oxygen atoms in total. The lowest BCUT2D eigenvalue weighted by Crippen LogP contribution is -2.68. The van der Waals surface area contributed by atoms with E-state index < -0.39 is 84.3 Å². The van der Waals surface area contributed by atoms with E-state index in [1.165, 1.54) is 0 Å². The predicted octanol–water partition coefficient (Wildman–Crippen LogP) is -4.21. The number of aliphatic imine (C=N–C) groups is 1. The fourth-order valence-corrected chi connectivity index (χ4v) is 5.02. The van der Waals surface area contributed by atoms with E-state index in [4.69, 9.17) is 11.5 Å². The molecule has 1 aliphatic carbocycles. The lowest BCUT2D eigenvalue weighted by molar-refractivity contribution is -0.142. The van der Waals surface area contributed by atoms with Gasteiger partial charge in [-0.25, -0.2) is 0 Å². The van der Waals surface area contributed by atoms with Gasteiger partial charge in [-0.1, -0.05) is 12.1 Å². The standard InChI is InChI=1S/C26H35IN8O9/c27-14-5-3-13(4-6-14)8-17-20(40)35-25(11-36,12-37)22(43)32-16(2-1-7-30-24(28)29)19(39)31-10-18(38)34-26(23(44)33-17)9-15(26)21(41)42/h3-6,15-17,36-37H,1-2,7-12H2,(H,31,39)(H,32,43)(H,33,44)(H,34,38)(H,35,40)(H,41,42)(H4,28,29,30)/t15-,16+,17-,26?/m1/s1. The van der Waals surface area contributed by atoms with Crippen molar-refractivity contribution in [2.45, 2.75) is 48.8 Å². The number of halogens is 1. The van der Waals surface area contributed by atoms with Gasteiger partial charge < -0.3 is 53.4 Å². The summed E-state index contributed by atoms with van der Waals surface area (Å²) < 4.78 is 0.887. The molecule has 0 aromatic heterocycles. The van der Waals surface area contributed by atoms with Gasteiger partial charge in [-0.2, -0.15) is 0 Å². The van der Waals surface area contributed by atoms with Gasteiger partial charge in [-0.3, -0.25) is 33.8 Å². The Labute approximate surface area is 265 Å². The molecular formula is C26H35IN8O9. The van der Waals surface area contributed by atoms with Crippen LogP contribution in [-0.2, 0) is 35.2 Å². The molecule has 4 atom stereocenters. The van der Waals surface area contributed by atoms with Gasteiger partial charge in [-0.15, -0.1) is 0 Å². The van der Waals surface area contributed by atoms with E-state index in [0.29, 0.717) is 5.56 Å². The summed E-state index contributed by atoms with van der Waals surface area (Å²) in [5, 5.41) is 41.9. The molecule has 0 radical (unpaired) electrons. The Morgan fingerprint density at radius 2 is 1.59 bits per heavy atom. The SMILES string of the molecule is NC(N)=NCCC[C@@H]1NC(=O)C(CO)(CO)NC(=O)[C@@H](Cc2ccc(I)cc2)NC(=O)C2(C[C@@H]2C(=O)O)NC(=O)CNC1=O. The second-order valence-electron chi connectivity index (χ2n) is 10.6. The van der Waals surface area contributed by atoms with E-state index in [0.717, 1.165) is 3.57 Å². The third-order valence-electron chi connectivity index (χ3n) is 7.33. The van der Waals surface area contributed by atoms with Crippen molar-refractivity contribution in [1.82, 2.24) is 26.6 Å². The van der Waals surface area contributed by atoms with Gasteiger partial charge >= 0.3 is 5.97 Å². The maximum Gasteiger partial charge on any atom is 0.309 e. The number of carboxylic acids is 1. The summed E-state index contributed by atoms with van der Waals surface area (Å²) in [6.07, 6.45) is -0.300. The normalized spacial score (nSPS) is 25.7. The van der Waals surface area contributed by atoms with Crippen molar-refractivity contribution in [3.8, 4) is 0 Å². The molecule has 1 saturated carbocycles. The zero-order valence-corrected chi connectivity index (χ0v) is 25.6. The number of aliphatic hydroxyl groups excluding tert-OH is 2. The van der Waals surface area contributed by atoms with Crippen molar-refractivity contribution in [2.24, 2.45) is 22.4 Å². The summed E-state index contributed by atoms with van der Waals surface area (Å²) in [5.74, 6) is -7.74. The minimum absolute atomic E-state index is 0.0582. The summed E-state index contributed by atoms with van der Waals surface area (Å²) in [6, 6.07) is 4.09. The quantitative estimate of drug-likeness (QED) is 0.0503. The minimum Gasteiger partial charge on any atom is -0.481 e. The number of carboxylic acid groups (broad SMARTS) is 1. The molecule has 2 fully saturated rings. The van der Waals surface area contributed by atoms with E-state index in [-0.39, 0.29) is 38.2 Å². The number of carbonyl (C=O) groups excluding carboxylic acids is 5. The largest absolute Gasteiger partial charge is 0.481 e. The highest BCUT2D eigenvalue weighted by Gasteiger charge is 2.65. The van der Waals surface area contributed by atoms with Crippen molar-refractivity contribution in [3.05, 3.63) is 33.4 Å². The second-order valence-corrected chi connectivity index (χ2v) is 11.8. The van der Waals surface area contributed by atoms with Crippen molar-refractivity contribution >= 4 is 64.1 Å². The van der Waals surface area contributed by atoms with Gasteiger partial charge in [0.2, 0.25) is 23.6 Å². The maximum atomic E-state index is 13.6. The molecule has 1 spiro atoms. The fraction of sp³-hybridized carbons (Fsp3) is 0.500. The summed E-state index contributed by atoms with van der Waals surface area (Å²) >= 11 is 2.08. The number of carbonyl (C=O) groups is 6. The average Bonchev–Trinajstić information content (AvgIpc) is 3.71. The molecule has 240 valence electrons. The van der Waals surface area contributed by atoms with Crippen LogP contribution in [0.1, 0.15) is 24.8 Å². The number of guanidine groups is 1. The third kappa shape index (κ3) is 8.32. The highest BCUT2D eigenvalue weighted by molar-refractivity contribution is 14.1. The number of nitrogens with zero attached hydrogens (tertiary/aromatic N) is 1. The van der Waals surface area contributed by atoms with E-state index in [1.807, 2.05) is 0 Å². The van der Waals surface area contributed by atoms with E-state index >= 15 is 0 Å². The first-order chi connectivity index (χ1) is 20.8. The van der Waals surface area contributed by atoms with E-state index in [1.54, 1.807) is 24.3 Å². The number of nitrogens with two attached hydrogens (primary N) is 2. The van der Waals surface area contributed by atoms with Gasteiger partial charge in [0.25, 0.3) is 5.91 Å². The van der Waals surface area contributed by atoms with Gasteiger partial charge in [0.1, 0.15) is 17.6 Å². The van der Waals surface area contributed by atoms with Gasteiger partial charge in [0.15, 0.2) is 11.5 Å². The number of aliphatic carboxylic acids is 1. The van der Waals surface area contributed by atoms with Crippen LogP contribution in [0.3, 0.4) is 0 Å². The van der Waals surface area contributed by atoms with Crippen LogP contribution < -0.4 is 38.1 Å². The molecule has 1 aromatic carbocycles. The van der Waals surface area contributed by atoms with Gasteiger partial charge in [0.05, 0.1) is 25.7 Å². The Bertz CT molecular complexity index is 1320. The molecular weight excluding hydrogens is 695 g/mol. The number of aliphatic hydroxyl groups is 2.